The molecule has 1 rings (SSSR count). The summed E-state index contributed by atoms with van der Waals surface area (Å²) in [5, 5.41) is 0. The second-order valence-electron chi connectivity index (χ2n) is 3.67. The summed E-state index contributed by atoms with van der Waals surface area (Å²) in [7, 11) is 0. The molecule has 1 aromatic carbocycles. The van der Waals surface area contributed by atoms with Gasteiger partial charge in [-0.05, 0) is 25.1 Å². The van der Waals surface area contributed by atoms with E-state index in [9.17, 15) is 0 Å². The van der Waals surface area contributed by atoms with Crippen molar-refractivity contribution in [2.75, 3.05) is 13.1 Å². The van der Waals surface area contributed by atoms with E-state index < -0.39 is 0 Å². The Labute approximate surface area is 110 Å². The van der Waals surface area contributed by atoms with Crippen molar-refractivity contribution >= 4 is 17.0 Å². The second-order valence-corrected chi connectivity index (χ2v) is 3.67. The molecule has 0 aromatic heterocycles. The standard InChI is InChI=1S/C14H21N.BrH/c1-4-10-14(15(5-2)6-3)13-11-8-7-9-12-13;/h4,7-9,11-12,14H,1,5-6,10H2,2-3H3;1H. The first-order chi connectivity index (χ1) is 7.33. The minimum absolute atomic E-state index is 0. The molecular weight excluding hydrogens is 262 g/mol. The lowest BCUT2D eigenvalue weighted by atomic mass is 10.0. The smallest absolute Gasteiger partial charge is 0.0382 e. The molecule has 0 aliphatic heterocycles. The normalized spacial score (nSPS) is 11.9. The van der Waals surface area contributed by atoms with E-state index in [0.717, 1.165) is 19.5 Å². The average Bonchev–Trinajstić information content (AvgIpc) is 2.30. The van der Waals surface area contributed by atoms with Gasteiger partial charge < -0.3 is 0 Å². The number of nitrogens with zero attached hydrogens (tertiary/aromatic N) is 1. The van der Waals surface area contributed by atoms with Gasteiger partial charge in [-0.2, -0.15) is 0 Å². The second kappa shape index (κ2) is 8.54. The van der Waals surface area contributed by atoms with Crippen LogP contribution in [0.25, 0.3) is 0 Å². The van der Waals surface area contributed by atoms with Crippen LogP contribution in [0, 0.1) is 0 Å². The minimum atomic E-state index is 0. The van der Waals surface area contributed by atoms with Gasteiger partial charge in [0.05, 0.1) is 0 Å². The van der Waals surface area contributed by atoms with Crippen molar-refractivity contribution < 1.29 is 0 Å². The number of hydrogen-bond acceptors (Lipinski definition) is 1. The molecule has 0 aliphatic rings. The number of benzene rings is 1. The lowest BCUT2D eigenvalue weighted by Gasteiger charge is -2.29. The molecule has 0 saturated carbocycles. The molecule has 1 nitrogen and oxygen atoms in total. The van der Waals surface area contributed by atoms with Gasteiger partial charge in [-0.15, -0.1) is 23.6 Å². The van der Waals surface area contributed by atoms with Crippen LogP contribution in [0.3, 0.4) is 0 Å². The lowest BCUT2D eigenvalue weighted by Crippen LogP contribution is -2.28. The van der Waals surface area contributed by atoms with Gasteiger partial charge in [0.15, 0.2) is 0 Å². The van der Waals surface area contributed by atoms with Crippen molar-refractivity contribution in [3.05, 3.63) is 48.6 Å². The van der Waals surface area contributed by atoms with Crippen LogP contribution in [-0.4, -0.2) is 18.0 Å². The van der Waals surface area contributed by atoms with E-state index in [-0.39, 0.29) is 17.0 Å². The molecule has 0 amide bonds. The first-order valence-electron chi connectivity index (χ1n) is 5.73. The van der Waals surface area contributed by atoms with E-state index >= 15 is 0 Å². The van der Waals surface area contributed by atoms with Crippen LogP contribution in [0.1, 0.15) is 31.9 Å². The van der Waals surface area contributed by atoms with Gasteiger partial charge in [0.1, 0.15) is 0 Å². The lowest BCUT2D eigenvalue weighted by molar-refractivity contribution is 0.220. The Kier molecular flexibility index (Phi) is 8.22. The third-order valence-electron chi connectivity index (χ3n) is 2.83. The van der Waals surface area contributed by atoms with Gasteiger partial charge >= 0.3 is 0 Å². The molecule has 0 bridgehead atoms. The molecule has 0 saturated heterocycles. The third-order valence-corrected chi connectivity index (χ3v) is 2.83. The Morgan fingerprint density at radius 2 is 1.75 bits per heavy atom. The van der Waals surface area contributed by atoms with Crippen LogP contribution in [0.4, 0.5) is 0 Å². The molecule has 16 heavy (non-hydrogen) atoms. The third kappa shape index (κ3) is 4.11. The quantitative estimate of drug-likeness (QED) is 0.707. The zero-order chi connectivity index (χ0) is 11.1. The molecule has 1 aromatic rings. The van der Waals surface area contributed by atoms with Gasteiger partial charge in [-0.3, -0.25) is 4.90 Å². The highest BCUT2D eigenvalue weighted by atomic mass is 79.9. The topological polar surface area (TPSA) is 3.24 Å². The first kappa shape index (κ1) is 15.4. The molecule has 0 N–H and O–H groups in total. The molecule has 0 radical (unpaired) electrons. The minimum Gasteiger partial charge on any atom is -0.297 e. The Hall–Kier alpha value is -0.600. The highest BCUT2D eigenvalue weighted by molar-refractivity contribution is 8.93. The zero-order valence-corrected chi connectivity index (χ0v) is 11.9. The van der Waals surface area contributed by atoms with Crippen molar-refractivity contribution in [2.24, 2.45) is 0 Å². The molecule has 2 heteroatoms. The predicted molar refractivity (Wildman–Crippen MR) is 77.2 cm³/mol. The molecule has 1 unspecified atom stereocenters. The summed E-state index contributed by atoms with van der Waals surface area (Å²) in [6, 6.07) is 11.2. The molecule has 0 fully saturated rings. The van der Waals surface area contributed by atoms with Gasteiger partial charge in [-0.1, -0.05) is 50.3 Å². The molecule has 0 aliphatic carbocycles. The molecule has 1 atom stereocenters. The fraction of sp³-hybridized carbons (Fsp3) is 0.429. The Balaban J connectivity index is 0.00000225. The summed E-state index contributed by atoms with van der Waals surface area (Å²) in [5.74, 6) is 0. The fourth-order valence-corrected chi connectivity index (χ4v) is 1.99. The zero-order valence-electron chi connectivity index (χ0n) is 10.2. The van der Waals surface area contributed by atoms with Crippen LogP contribution in [-0.2, 0) is 0 Å². The summed E-state index contributed by atoms with van der Waals surface area (Å²) < 4.78 is 0. The van der Waals surface area contributed by atoms with E-state index in [1.165, 1.54) is 5.56 Å². The largest absolute Gasteiger partial charge is 0.297 e. The summed E-state index contributed by atoms with van der Waals surface area (Å²) in [6.07, 6.45) is 3.03. The van der Waals surface area contributed by atoms with E-state index in [1.54, 1.807) is 0 Å². The van der Waals surface area contributed by atoms with Crippen molar-refractivity contribution in [3.8, 4) is 0 Å². The van der Waals surface area contributed by atoms with Crippen LogP contribution in [0.5, 0.6) is 0 Å². The maximum atomic E-state index is 3.85. The Morgan fingerprint density at radius 1 is 1.19 bits per heavy atom. The number of halogens is 1. The summed E-state index contributed by atoms with van der Waals surface area (Å²) >= 11 is 0. The van der Waals surface area contributed by atoms with E-state index in [0.29, 0.717) is 6.04 Å². The first-order valence-corrected chi connectivity index (χ1v) is 5.73. The number of hydrogen-bond donors (Lipinski definition) is 0. The highest BCUT2D eigenvalue weighted by Crippen LogP contribution is 2.23. The molecule has 0 heterocycles. The van der Waals surface area contributed by atoms with Gasteiger partial charge in [0, 0.05) is 6.04 Å². The monoisotopic (exact) mass is 283 g/mol. The van der Waals surface area contributed by atoms with Gasteiger partial charge in [0.25, 0.3) is 0 Å². The molecule has 90 valence electrons. The van der Waals surface area contributed by atoms with Crippen LogP contribution in [0.15, 0.2) is 43.0 Å². The molecule has 0 spiro atoms. The maximum Gasteiger partial charge on any atom is 0.0382 e. The van der Waals surface area contributed by atoms with Crippen LogP contribution >= 0.6 is 17.0 Å². The number of rotatable bonds is 6. The predicted octanol–water partition coefficient (Wildman–Crippen LogP) is 4.22. The Morgan fingerprint density at radius 3 is 2.19 bits per heavy atom. The van der Waals surface area contributed by atoms with Crippen LogP contribution in [0.2, 0.25) is 0 Å². The van der Waals surface area contributed by atoms with Crippen LogP contribution < -0.4 is 0 Å². The van der Waals surface area contributed by atoms with Crippen molar-refractivity contribution in [3.63, 3.8) is 0 Å². The fourth-order valence-electron chi connectivity index (χ4n) is 1.99. The summed E-state index contributed by atoms with van der Waals surface area (Å²) in [5.41, 5.74) is 1.39. The summed E-state index contributed by atoms with van der Waals surface area (Å²) in [4.78, 5) is 2.47. The van der Waals surface area contributed by atoms with Crippen molar-refractivity contribution in [1.82, 2.24) is 4.90 Å². The van der Waals surface area contributed by atoms with E-state index in [4.69, 9.17) is 0 Å². The van der Waals surface area contributed by atoms with E-state index in [1.807, 2.05) is 6.08 Å². The summed E-state index contributed by atoms with van der Waals surface area (Å²) in [6.45, 7) is 10.4. The highest BCUT2D eigenvalue weighted by Gasteiger charge is 2.15. The van der Waals surface area contributed by atoms with Crippen molar-refractivity contribution in [2.45, 2.75) is 26.3 Å². The van der Waals surface area contributed by atoms with Gasteiger partial charge in [0.2, 0.25) is 0 Å². The molecular formula is C14H22BrN. The van der Waals surface area contributed by atoms with Crippen molar-refractivity contribution in [1.29, 1.82) is 0 Å². The maximum absolute atomic E-state index is 3.85. The van der Waals surface area contributed by atoms with Gasteiger partial charge in [-0.25, -0.2) is 0 Å². The average molecular weight is 284 g/mol. The SMILES string of the molecule is Br.C=CCC(c1ccccc1)N(CC)CC. The Bertz CT molecular complexity index is 280. The van der Waals surface area contributed by atoms with E-state index in [2.05, 4.69) is 55.7 Å².